The predicted octanol–water partition coefficient (Wildman–Crippen LogP) is 1.70. The van der Waals surface area contributed by atoms with E-state index in [1.165, 1.54) is 4.90 Å². The first-order chi connectivity index (χ1) is 8.99. The van der Waals surface area contributed by atoms with Crippen molar-refractivity contribution in [2.45, 2.75) is 19.8 Å². The Morgan fingerprint density at radius 2 is 1.89 bits per heavy atom. The van der Waals surface area contributed by atoms with Gasteiger partial charge in [0.15, 0.2) is 6.61 Å². The average molecular weight is 265 g/mol. The van der Waals surface area contributed by atoms with E-state index in [1.54, 1.807) is 7.05 Å². The summed E-state index contributed by atoms with van der Waals surface area (Å²) in [7, 11) is 1.64. The number of amides is 1. The van der Waals surface area contributed by atoms with E-state index in [2.05, 4.69) is 0 Å². The van der Waals surface area contributed by atoms with Crippen LogP contribution in [0.4, 0.5) is 0 Å². The van der Waals surface area contributed by atoms with Crippen LogP contribution >= 0.6 is 0 Å². The lowest BCUT2D eigenvalue weighted by Gasteiger charge is -2.16. The molecule has 1 N–H and O–H groups in total. The highest BCUT2D eigenvalue weighted by Gasteiger charge is 2.10. The van der Waals surface area contributed by atoms with Gasteiger partial charge in [-0.3, -0.25) is 9.59 Å². The van der Waals surface area contributed by atoms with Crippen LogP contribution in [-0.4, -0.2) is 42.1 Å². The SMILES string of the molecule is Cc1ccc(OCC(=O)N(C)CCCC(=O)O)cc1. The fraction of sp³-hybridized carbons (Fsp3) is 0.429. The van der Waals surface area contributed by atoms with Gasteiger partial charge in [-0.25, -0.2) is 0 Å². The van der Waals surface area contributed by atoms with Crippen molar-refractivity contribution in [3.63, 3.8) is 0 Å². The van der Waals surface area contributed by atoms with Crippen LogP contribution in [0.15, 0.2) is 24.3 Å². The number of benzene rings is 1. The molecule has 1 rings (SSSR count). The Hall–Kier alpha value is -2.04. The van der Waals surface area contributed by atoms with Gasteiger partial charge in [0.05, 0.1) is 0 Å². The molecule has 0 aliphatic carbocycles. The average Bonchev–Trinajstić information content (AvgIpc) is 2.37. The van der Waals surface area contributed by atoms with E-state index in [0.29, 0.717) is 18.7 Å². The van der Waals surface area contributed by atoms with E-state index in [9.17, 15) is 9.59 Å². The van der Waals surface area contributed by atoms with Gasteiger partial charge in [-0.15, -0.1) is 0 Å². The van der Waals surface area contributed by atoms with E-state index in [-0.39, 0.29) is 18.9 Å². The van der Waals surface area contributed by atoms with E-state index in [1.807, 2.05) is 31.2 Å². The minimum atomic E-state index is -0.850. The molecule has 0 saturated carbocycles. The van der Waals surface area contributed by atoms with Crippen LogP contribution in [0.3, 0.4) is 0 Å². The van der Waals surface area contributed by atoms with Crippen LogP contribution in [0.2, 0.25) is 0 Å². The predicted molar refractivity (Wildman–Crippen MR) is 71.2 cm³/mol. The number of nitrogens with zero attached hydrogens (tertiary/aromatic N) is 1. The molecule has 1 aromatic carbocycles. The lowest BCUT2D eigenvalue weighted by molar-refractivity contribution is -0.138. The van der Waals surface area contributed by atoms with E-state index >= 15 is 0 Å². The zero-order valence-electron chi connectivity index (χ0n) is 11.3. The van der Waals surface area contributed by atoms with Gasteiger partial charge in [0, 0.05) is 20.0 Å². The molecule has 0 bridgehead atoms. The number of carbonyl (C=O) groups is 2. The number of aliphatic carboxylic acids is 1. The molecule has 19 heavy (non-hydrogen) atoms. The van der Waals surface area contributed by atoms with Gasteiger partial charge in [0.25, 0.3) is 5.91 Å². The first kappa shape index (κ1) is 15.0. The second kappa shape index (κ2) is 7.41. The number of rotatable bonds is 7. The van der Waals surface area contributed by atoms with E-state index in [4.69, 9.17) is 9.84 Å². The third kappa shape index (κ3) is 5.90. The molecule has 104 valence electrons. The molecule has 0 unspecified atom stereocenters. The Kier molecular flexibility index (Phi) is 5.85. The second-order valence-electron chi connectivity index (χ2n) is 4.41. The highest BCUT2D eigenvalue weighted by molar-refractivity contribution is 5.77. The molecule has 0 spiro atoms. The Balaban J connectivity index is 2.30. The molecule has 0 heterocycles. The molecular formula is C14H19NO4. The van der Waals surface area contributed by atoms with E-state index < -0.39 is 5.97 Å². The van der Waals surface area contributed by atoms with Gasteiger partial charge in [0.1, 0.15) is 5.75 Å². The molecule has 0 saturated heterocycles. The van der Waals surface area contributed by atoms with Crippen molar-refractivity contribution in [2.24, 2.45) is 0 Å². The lowest BCUT2D eigenvalue weighted by atomic mass is 10.2. The summed E-state index contributed by atoms with van der Waals surface area (Å²) in [4.78, 5) is 23.6. The monoisotopic (exact) mass is 265 g/mol. The largest absolute Gasteiger partial charge is 0.484 e. The highest BCUT2D eigenvalue weighted by atomic mass is 16.5. The zero-order chi connectivity index (χ0) is 14.3. The Bertz CT molecular complexity index is 428. The molecule has 1 amide bonds. The Morgan fingerprint density at radius 3 is 2.47 bits per heavy atom. The molecule has 5 heteroatoms. The lowest BCUT2D eigenvalue weighted by Crippen LogP contribution is -2.32. The smallest absolute Gasteiger partial charge is 0.303 e. The Labute approximate surface area is 112 Å². The summed E-state index contributed by atoms with van der Waals surface area (Å²) < 4.78 is 5.36. The van der Waals surface area contributed by atoms with Crippen molar-refractivity contribution in [2.75, 3.05) is 20.2 Å². The van der Waals surface area contributed by atoms with Gasteiger partial charge in [-0.1, -0.05) is 17.7 Å². The van der Waals surface area contributed by atoms with Crippen LogP contribution < -0.4 is 4.74 Å². The number of hydrogen-bond acceptors (Lipinski definition) is 3. The molecule has 0 radical (unpaired) electrons. The third-order valence-corrected chi connectivity index (χ3v) is 2.69. The standard InChI is InChI=1S/C14H19NO4/c1-11-5-7-12(8-6-11)19-10-13(16)15(2)9-3-4-14(17)18/h5-8H,3-4,9-10H2,1-2H3,(H,17,18). The quantitative estimate of drug-likeness (QED) is 0.814. The zero-order valence-corrected chi connectivity index (χ0v) is 11.3. The first-order valence-corrected chi connectivity index (χ1v) is 6.14. The number of carbonyl (C=O) groups excluding carboxylic acids is 1. The van der Waals surface area contributed by atoms with Crippen molar-refractivity contribution in [1.29, 1.82) is 0 Å². The summed E-state index contributed by atoms with van der Waals surface area (Å²) >= 11 is 0. The Morgan fingerprint density at radius 1 is 1.26 bits per heavy atom. The number of likely N-dealkylation sites (N-methyl/N-ethyl adjacent to an activating group) is 1. The topological polar surface area (TPSA) is 66.8 Å². The minimum Gasteiger partial charge on any atom is -0.484 e. The molecule has 0 fully saturated rings. The van der Waals surface area contributed by atoms with Gasteiger partial charge in [0.2, 0.25) is 0 Å². The van der Waals surface area contributed by atoms with Crippen molar-refractivity contribution in [3.05, 3.63) is 29.8 Å². The minimum absolute atomic E-state index is 0.0351. The van der Waals surface area contributed by atoms with Crippen LogP contribution in [0.5, 0.6) is 5.75 Å². The summed E-state index contributed by atoms with van der Waals surface area (Å²) in [5.41, 5.74) is 1.13. The maximum Gasteiger partial charge on any atom is 0.303 e. The number of carboxylic acid groups (broad SMARTS) is 1. The summed E-state index contributed by atoms with van der Waals surface area (Å²) in [5, 5.41) is 8.51. The van der Waals surface area contributed by atoms with Crippen LogP contribution in [-0.2, 0) is 9.59 Å². The maximum atomic E-state index is 11.7. The van der Waals surface area contributed by atoms with Crippen LogP contribution in [0.25, 0.3) is 0 Å². The molecule has 0 aromatic heterocycles. The summed E-state index contributed by atoms with van der Waals surface area (Å²) in [6.45, 7) is 2.36. The molecular weight excluding hydrogens is 246 g/mol. The fourth-order valence-electron chi connectivity index (χ4n) is 1.48. The van der Waals surface area contributed by atoms with Crippen LogP contribution in [0, 0.1) is 6.92 Å². The molecule has 1 aromatic rings. The molecule has 0 atom stereocenters. The normalized spacial score (nSPS) is 10.0. The number of hydrogen-bond donors (Lipinski definition) is 1. The van der Waals surface area contributed by atoms with Gasteiger partial charge in [-0.05, 0) is 25.5 Å². The van der Waals surface area contributed by atoms with E-state index in [0.717, 1.165) is 5.56 Å². The first-order valence-electron chi connectivity index (χ1n) is 6.14. The fourth-order valence-corrected chi connectivity index (χ4v) is 1.48. The number of carboxylic acids is 1. The summed E-state index contributed by atoms with van der Waals surface area (Å²) in [5.74, 6) is -0.361. The van der Waals surface area contributed by atoms with Crippen molar-refractivity contribution in [3.8, 4) is 5.75 Å². The van der Waals surface area contributed by atoms with Gasteiger partial charge in [-0.2, -0.15) is 0 Å². The maximum absolute atomic E-state index is 11.7. The van der Waals surface area contributed by atoms with Crippen molar-refractivity contribution >= 4 is 11.9 Å². The number of ether oxygens (including phenoxy) is 1. The molecule has 0 aliphatic heterocycles. The summed E-state index contributed by atoms with van der Waals surface area (Å²) in [6.07, 6.45) is 0.512. The molecule has 5 nitrogen and oxygen atoms in total. The van der Waals surface area contributed by atoms with Gasteiger partial charge < -0.3 is 14.7 Å². The van der Waals surface area contributed by atoms with Crippen molar-refractivity contribution in [1.82, 2.24) is 4.90 Å². The summed E-state index contributed by atoms with van der Waals surface area (Å²) in [6, 6.07) is 7.45. The van der Waals surface area contributed by atoms with Gasteiger partial charge >= 0.3 is 5.97 Å². The third-order valence-electron chi connectivity index (χ3n) is 2.69. The molecule has 0 aliphatic rings. The number of aryl methyl sites for hydroxylation is 1. The van der Waals surface area contributed by atoms with Crippen molar-refractivity contribution < 1.29 is 19.4 Å². The second-order valence-corrected chi connectivity index (χ2v) is 4.41. The van der Waals surface area contributed by atoms with Crippen LogP contribution in [0.1, 0.15) is 18.4 Å². The highest BCUT2D eigenvalue weighted by Crippen LogP contribution is 2.11.